The van der Waals surface area contributed by atoms with Crippen LogP contribution in [0, 0.1) is 26.9 Å². The quantitative estimate of drug-likeness (QED) is 0.0547. The Morgan fingerprint density at radius 1 is 1.09 bits per heavy atom. The van der Waals surface area contributed by atoms with E-state index in [1.54, 1.807) is 29.5 Å². The second kappa shape index (κ2) is 15.8. The SMILES string of the molecule is CC1(C)CCC(CN2CCN(c3ccc(C(=O)[NH][Sn][c]4ccc(NCC5CCOCC5)c([N+](=O)[O-])c4)c(Oc4cnc5[nH]ccc5c4)c3)CC2)=C(C23CC(F)(C2)C3)C1. The van der Waals surface area contributed by atoms with Crippen molar-refractivity contribution in [1.82, 2.24) is 18.4 Å². The first-order chi connectivity index (χ1) is 27.9. The molecule has 304 valence electrons. The molecule has 2 saturated heterocycles. The number of nitro groups is 1. The van der Waals surface area contributed by atoms with E-state index in [9.17, 15) is 19.3 Å². The second-order valence-corrected chi connectivity index (χ2v) is 21.1. The first-order valence-electron chi connectivity index (χ1n) is 20.7. The predicted octanol–water partition coefficient (Wildman–Crippen LogP) is 7.30. The maximum Gasteiger partial charge on any atom is 0.113 e. The van der Waals surface area contributed by atoms with Crippen molar-refractivity contribution in [3.8, 4) is 11.5 Å². The van der Waals surface area contributed by atoms with Gasteiger partial charge < -0.3 is 0 Å². The van der Waals surface area contributed by atoms with Crippen LogP contribution in [0.4, 0.5) is 21.5 Å². The van der Waals surface area contributed by atoms with Gasteiger partial charge in [0.25, 0.3) is 0 Å². The number of hydrogen-bond acceptors (Lipinski definition) is 9. The summed E-state index contributed by atoms with van der Waals surface area (Å²) in [6.07, 6.45) is 10.9. The third-order valence-electron chi connectivity index (χ3n) is 13.2. The number of carbonyl (C=O) groups excluding carboxylic acids is 1. The number of carbonyl (C=O) groups is 1. The molecule has 0 spiro atoms. The van der Waals surface area contributed by atoms with Gasteiger partial charge in [-0.2, -0.15) is 0 Å². The predicted molar refractivity (Wildman–Crippen MR) is 224 cm³/mol. The molecule has 3 N–H and O–H groups in total. The monoisotopic (exact) mass is 897 g/mol. The van der Waals surface area contributed by atoms with Crippen LogP contribution in [0.2, 0.25) is 0 Å². The molecule has 4 aromatic rings. The Morgan fingerprint density at radius 2 is 1.88 bits per heavy atom. The van der Waals surface area contributed by atoms with Crippen molar-refractivity contribution in [2.24, 2.45) is 16.7 Å². The summed E-state index contributed by atoms with van der Waals surface area (Å²) in [6.45, 7) is 11.3. The number of rotatable bonds is 13. The molecular weight excluding hydrogens is 844 g/mol. The number of piperazine rings is 1. The number of anilines is 2. The number of halogens is 1. The molecule has 0 unspecified atom stereocenters. The zero-order valence-electron chi connectivity index (χ0n) is 33.4. The Balaban J connectivity index is 0.889. The van der Waals surface area contributed by atoms with Crippen LogP contribution in [0.5, 0.6) is 11.5 Å². The summed E-state index contributed by atoms with van der Waals surface area (Å²) in [5.74, 6) is 1.08. The van der Waals surface area contributed by atoms with Crippen LogP contribution in [-0.4, -0.2) is 105 Å². The fourth-order valence-corrected chi connectivity index (χ4v) is 12.1. The van der Waals surface area contributed by atoms with Gasteiger partial charge in [-0.15, -0.1) is 0 Å². The van der Waals surface area contributed by atoms with Crippen LogP contribution in [0.1, 0.15) is 75.6 Å². The van der Waals surface area contributed by atoms with E-state index in [-0.39, 0.29) is 27.3 Å². The number of alkyl halides is 1. The van der Waals surface area contributed by atoms with Crippen LogP contribution in [0.25, 0.3) is 11.0 Å². The van der Waals surface area contributed by atoms with E-state index in [0.29, 0.717) is 35.2 Å². The summed E-state index contributed by atoms with van der Waals surface area (Å²) in [7, 11) is 0. The van der Waals surface area contributed by atoms with E-state index in [2.05, 4.69) is 42.5 Å². The molecule has 0 atom stereocenters. The molecule has 5 fully saturated rings. The van der Waals surface area contributed by atoms with Gasteiger partial charge in [0.05, 0.1) is 0 Å². The maximum absolute atomic E-state index is 14.7. The number of fused-ring (bicyclic) bond motifs is 1. The van der Waals surface area contributed by atoms with Gasteiger partial charge in [-0.25, -0.2) is 4.39 Å². The van der Waals surface area contributed by atoms with Gasteiger partial charge in [0.15, 0.2) is 0 Å². The van der Waals surface area contributed by atoms with Crippen LogP contribution >= 0.6 is 0 Å². The number of pyridine rings is 1. The topological polar surface area (TPSA) is 138 Å². The van der Waals surface area contributed by atoms with E-state index < -0.39 is 27.1 Å². The van der Waals surface area contributed by atoms with Crippen molar-refractivity contribution >= 4 is 59.0 Å². The molecule has 12 nitrogen and oxygen atoms in total. The number of hydrogen-bond donors (Lipinski definition) is 3. The number of ether oxygens (including phenoxy) is 2. The number of allylic oxidation sites excluding steroid dienone is 1. The Kier molecular flexibility index (Phi) is 10.7. The number of nitrogens with one attached hydrogen (secondary N) is 3. The molecule has 14 heteroatoms. The largest absolute Gasteiger partial charge is 0.244 e. The first-order valence-corrected chi connectivity index (χ1v) is 23.6. The van der Waals surface area contributed by atoms with Gasteiger partial charge in [0.2, 0.25) is 0 Å². The second-order valence-electron chi connectivity index (χ2n) is 18.0. The number of benzene rings is 2. The minimum absolute atomic E-state index is 0.0185. The van der Waals surface area contributed by atoms with E-state index in [0.717, 1.165) is 111 Å². The van der Waals surface area contributed by atoms with Gasteiger partial charge in [-0.05, 0) is 43.9 Å². The van der Waals surface area contributed by atoms with E-state index in [1.165, 1.54) is 6.42 Å². The Labute approximate surface area is 349 Å². The van der Waals surface area contributed by atoms with Crippen LogP contribution in [0.3, 0.4) is 0 Å². The normalized spacial score (nSPS) is 24.6. The van der Waals surface area contributed by atoms with Gasteiger partial charge in [0.1, 0.15) is 5.67 Å². The molecule has 2 radical (unpaired) electrons. The number of amides is 1. The molecular formula is C44H52FN7O5Sn. The van der Waals surface area contributed by atoms with E-state index in [1.807, 2.05) is 42.6 Å². The van der Waals surface area contributed by atoms with Crippen LogP contribution < -0.4 is 22.1 Å². The van der Waals surface area contributed by atoms with Crippen molar-refractivity contribution < 1.29 is 23.6 Å². The molecule has 2 aromatic heterocycles. The van der Waals surface area contributed by atoms with E-state index in [4.69, 9.17) is 9.47 Å². The Hall–Kier alpha value is -4.21. The van der Waals surface area contributed by atoms with Gasteiger partial charge in [-0.1, -0.05) is 19.4 Å². The molecule has 4 aliphatic carbocycles. The average molecular weight is 897 g/mol. The average Bonchev–Trinajstić information content (AvgIpc) is 3.67. The molecule has 58 heavy (non-hydrogen) atoms. The molecule has 6 aliphatic rings. The minimum atomic E-state index is -1.78. The molecule has 2 aromatic carbocycles. The summed E-state index contributed by atoms with van der Waals surface area (Å²) < 4.78 is 30.5. The summed E-state index contributed by atoms with van der Waals surface area (Å²) in [4.78, 5) is 38.1. The molecule has 1 amide bonds. The molecule has 10 rings (SSSR count). The standard InChI is InChI=1S/C32H38FN5O2.C12H15N2O3.Sn/c1-30(2)7-5-22(26(15-30)31-18-32(33,19-31)20-31)17-37-9-11-38(12-10-37)23-3-4-25(28(34)39)27(14-23)40-24-13-21-6-8-35-29(21)36-16-24;15-14(16)12-4-2-1-3-11(12)13-9-10-5-7-17-8-6-10;/h3-4,6,8,13-14,16H,5,7,9-12,15,17-20H2,1-2H3,(H3,34,35,36,39);1,3-4,10,13H,5-9H2;/q;;+1/p-1. The van der Waals surface area contributed by atoms with Crippen molar-refractivity contribution in [3.63, 3.8) is 0 Å². The Morgan fingerprint density at radius 3 is 2.64 bits per heavy atom. The van der Waals surface area contributed by atoms with Gasteiger partial charge in [-0.3, -0.25) is 0 Å². The van der Waals surface area contributed by atoms with Crippen molar-refractivity contribution in [2.75, 3.05) is 62.7 Å². The van der Waals surface area contributed by atoms with Gasteiger partial charge >= 0.3 is 272 Å². The summed E-state index contributed by atoms with van der Waals surface area (Å²) in [6, 6.07) is 14.8. The molecule has 3 saturated carbocycles. The Bertz CT molecular complexity index is 2230. The first kappa shape index (κ1) is 39.3. The van der Waals surface area contributed by atoms with Crippen molar-refractivity contribution in [2.45, 2.75) is 70.9 Å². The summed E-state index contributed by atoms with van der Waals surface area (Å²) in [5, 5.41) is 16.2. The van der Waals surface area contributed by atoms with Gasteiger partial charge in [0, 0.05) is 5.41 Å². The molecule has 2 aliphatic heterocycles. The number of nitrogens with zero attached hydrogens (tertiary/aromatic N) is 4. The van der Waals surface area contributed by atoms with E-state index >= 15 is 0 Å². The number of nitro benzene ring substituents is 1. The van der Waals surface area contributed by atoms with Crippen molar-refractivity contribution in [1.29, 1.82) is 0 Å². The smallest absolute Gasteiger partial charge is 0.113 e. The third-order valence-corrected chi connectivity index (χ3v) is 15.9. The zero-order chi connectivity index (χ0) is 40.1. The van der Waals surface area contributed by atoms with Crippen molar-refractivity contribution in [3.05, 3.63) is 87.7 Å². The minimum Gasteiger partial charge on any atom is -0.244 e. The fourth-order valence-electron chi connectivity index (χ4n) is 9.88. The van der Waals surface area contributed by atoms with Crippen LogP contribution in [-0.2, 0) is 4.74 Å². The van der Waals surface area contributed by atoms with Crippen LogP contribution in [0.15, 0.2) is 72.1 Å². The number of aromatic nitrogens is 2. The fraction of sp³-hybridized carbons (Fsp3) is 0.500. The molecule has 4 heterocycles. The maximum atomic E-state index is 14.7. The summed E-state index contributed by atoms with van der Waals surface area (Å²) >= 11 is -1.78. The third kappa shape index (κ3) is 8.18. The zero-order valence-corrected chi connectivity index (χ0v) is 36.2. The summed E-state index contributed by atoms with van der Waals surface area (Å²) in [5.41, 5.74) is 5.28. The number of H-pyrrole nitrogens is 1. The number of aromatic amines is 1. The molecule has 2 bridgehead atoms.